The fraction of sp³-hybridized carbons (Fsp3) is 0.875. The van der Waals surface area contributed by atoms with E-state index in [1.807, 2.05) is 0 Å². The molecular formula is C8H15ClN2O2. The first-order valence-electron chi connectivity index (χ1n) is 4.15. The summed E-state index contributed by atoms with van der Waals surface area (Å²) in [7, 11) is 0. The molecule has 1 aliphatic heterocycles. The summed E-state index contributed by atoms with van der Waals surface area (Å²) in [5.41, 5.74) is -1.40. The van der Waals surface area contributed by atoms with Gasteiger partial charge in [-0.25, -0.2) is 0 Å². The first kappa shape index (κ1) is 10.8. The van der Waals surface area contributed by atoms with Crippen LogP contribution in [0, 0.1) is 0 Å². The predicted molar refractivity (Wildman–Crippen MR) is 49.8 cm³/mol. The molecule has 0 atom stereocenters. The highest BCUT2D eigenvalue weighted by atomic mass is 35.5. The van der Waals surface area contributed by atoms with Gasteiger partial charge < -0.3 is 5.11 Å². The average Bonchev–Trinajstić information content (AvgIpc) is 2.12. The Bertz CT molecular complexity index is 240. The Labute approximate surface area is 83.2 Å². The zero-order chi connectivity index (χ0) is 10.4. The zero-order valence-electron chi connectivity index (χ0n) is 8.33. The van der Waals surface area contributed by atoms with Crippen LogP contribution in [0.2, 0.25) is 0 Å². The molecule has 1 aliphatic rings. The van der Waals surface area contributed by atoms with Gasteiger partial charge >= 0.3 is 0 Å². The molecule has 0 aromatic carbocycles. The third-order valence-electron chi connectivity index (χ3n) is 2.54. The minimum Gasteiger partial charge on any atom is -0.376 e. The van der Waals surface area contributed by atoms with Gasteiger partial charge in [-0.05, 0) is 39.5 Å². The SMILES string of the molecule is CC1(C)C(=O)N(CO)C(C)(C)N1Cl. The normalized spacial score (nSPS) is 26.9. The molecule has 0 saturated carbocycles. The van der Waals surface area contributed by atoms with E-state index in [9.17, 15) is 4.79 Å². The van der Waals surface area contributed by atoms with Crippen LogP contribution in [-0.2, 0) is 4.79 Å². The Morgan fingerprint density at radius 2 is 1.85 bits per heavy atom. The fourth-order valence-electron chi connectivity index (χ4n) is 1.69. The van der Waals surface area contributed by atoms with Crippen molar-refractivity contribution in [1.82, 2.24) is 9.32 Å². The maximum absolute atomic E-state index is 11.7. The lowest BCUT2D eigenvalue weighted by Gasteiger charge is -2.34. The Kier molecular flexibility index (Phi) is 2.35. The van der Waals surface area contributed by atoms with Gasteiger partial charge in [-0.3, -0.25) is 9.69 Å². The van der Waals surface area contributed by atoms with E-state index in [-0.39, 0.29) is 12.6 Å². The number of hydrogen-bond donors (Lipinski definition) is 1. The first-order chi connectivity index (χ1) is 5.76. The summed E-state index contributed by atoms with van der Waals surface area (Å²) in [6, 6.07) is 0. The third-order valence-corrected chi connectivity index (χ3v) is 3.38. The van der Waals surface area contributed by atoms with E-state index >= 15 is 0 Å². The van der Waals surface area contributed by atoms with Crippen LogP contribution in [0.25, 0.3) is 0 Å². The van der Waals surface area contributed by atoms with Gasteiger partial charge in [0.2, 0.25) is 5.91 Å². The van der Waals surface area contributed by atoms with Crippen molar-refractivity contribution in [3.05, 3.63) is 0 Å². The molecule has 0 aromatic heterocycles. The second kappa shape index (κ2) is 2.83. The summed E-state index contributed by atoms with van der Waals surface area (Å²) < 4.78 is 1.44. The highest BCUT2D eigenvalue weighted by Gasteiger charge is 2.55. The number of carbonyl (C=O) groups excluding carboxylic acids is 1. The number of aliphatic hydroxyl groups is 1. The summed E-state index contributed by atoms with van der Waals surface area (Å²) in [6.07, 6.45) is 0. The van der Waals surface area contributed by atoms with E-state index in [4.69, 9.17) is 16.9 Å². The van der Waals surface area contributed by atoms with E-state index in [1.165, 1.54) is 9.32 Å². The van der Waals surface area contributed by atoms with Crippen LogP contribution in [-0.4, -0.2) is 38.3 Å². The minimum absolute atomic E-state index is 0.157. The van der Waals surface area contributed by atoms with Gasteiger partial charge in [-0.15, -0.1) is 0 Å². The van der Waals surface area contributed by atoms with Crippen molar-refractivity contribution in [2.75, 3.05) is 6.73 Å². The molecule has 4 nitrogen and oxygen atoms in total. The van der Waals surface area contributed by atoms with Gasteiger partial charge in [0, 0.05) is 0 Å². The van der Waals surface area contributed by atoms with Crippen molar-refractivity contribution in [2.24, 2.45) is 0 Å². The van der Waals surface area contributed by atoms with Crippen LogP contribution in [0.1, 0.15) is 27.7 Å². The van der Waals surface area contributed by atoms with E-state index in [2.05, 4.69) is 0 Å². The topological polar surface area (TPSA) is 43.8 Å². The summed E-state index contributed by atoms with van der Waals surface area (Å²) in [5.74, 6) is -0.157. The minimum atomic E-state index is -0.756. The molecule has 0 unspecified atom stereocenters. The van der Waals surface area contributed by atoms with Crippen molar-refractivity contribution in [3.63, 3.8) is 0 Å². The van der Waals surface area contributed by atoms with Crippen LogP contribution >= 0.6 is 11.8 Å². The molecule has 1 N–H and O–H groups in total. The molecule has 0 spiro atoms. The van der Waals surface area contributed by atoms with Crippen LogP contribution in [0.3, 0.4) is 0 Å². The summed E-state index contributed by atoms with van der Waals surface area (Å²) >= 11 is 6.02. The predicted octanol–water partition coefficient (Wildman–Crippen LogP) is 0.749. The molecule has 5 heteroatoms. The number of aliphatic hydroxyl groups excluding tert-OH is 1. The van der Waals surface area contributed by atoms with Gasteiger partial charge in [0.05, 0.1) is 0 Å². The third kappa shape index (κ3) is 1.24. The average molecular weight is 207 g/mol. The van der Waals surface area contributed by atoms with Gasteiger partial charge in [-0.1, -0.05) is 0 Å². The molecule has 1 fully saturated rings. The lowest BCUT2D eigenvalue weighted by molar-refractivity contribution is -0.137. The van der Waals surface area contributed by atoms with Crippen molar-refractivity contribution < 1.29 is 9.90 Å². The van der Waals surface area contributed by atoms with Gasteiger partial charge in [0.15, 0.2) is 0 Å². The van der Waals surface area contributed by atoms with E-state index in [1.54, 1.807) is 27.7 Å². The smallest absolute Gasteiger partial charge is 0.247 e. The standard InChI is InChI=1S/C8H15ClN2O2/c1-7(2)6(13)10(5-12)8(3,4)11(7)9/h12H,5H2,1-4H3. The molecule has 13 heavy (non-hydrogen) atoms. The molecule has 1 saturated heterocycles. The molecule has 1 rings (SSSR count). The maximum Gasteiger partial charge on any atom is 0.247 e. The quantitative estimate of drug-likeness (QED) is 0.644. The molecule has 0 aromatic rings. The lowest BCUT2D eigenvalue weighted by atomic mass is 10.1. The zero-order valence-corrected chi connectivity index (χ0v) is 9.09. The number of carbonyl (C=O) groups is 1. The number of halogens is 1. The molecule has 0 aliphatic carbocycles. The molecular weight excluding hydrogens is 192 g/mol. The highest BCUT2D eigenvalue weighted by molar-refractivity contribution is 6.17. The van der Waals surface area contributed by atoms with Crippen LogP contribution < -0.4 is 0 Å². The maximum atomic E-state index is 11.7. The van der Waals surface area contributed by atoms with Crippen molar-refractivity contribution in [2.45, 2.75) is 38.9 Å². The lowest BCUT2D eigenvalue weighted by Crippen LogP contribution is -2.47. The van der Waals surface area contributed by atoms with Crippen LogP contribution in [0.4, 0.5) is 0 Å². The second-order valence-electron chi connectivity index (χ2n) is 4.21. The summed E-state index contributed by atoms with van der Waals surface area (Å²) in [4.78, 5) is 13.1. The van der Waals surface area contributed by atoms with Crippen molar-refractivity contribution >= 4 is 17.7 Å². The van der Waals surface area contributed by atoms with Gasteiger partial charge in [0.1, 0.15) is 17.9 Å². The molecule has 0 bridgehead atoms. The molecule has 0 radical (unpaired) electrons. The number of nitrogens with zero attached hydrogens (tertiary/aromatic N) is 2. The monoisotopic (exact) mass is 206 g/mol. The van der Waals surface area contributed by atoms with Gasteiger partial charge in [-0.2, -0.15) is 4.42 Å². The Hall–Kier alpha value is -0.320. The van der Waals surface area contributed by atoms with Crippen LogP contribution in [0.5, 0.6) is 0 Å². The molecule has 1 amide bonds. The number of rotatable bonds is 1. The summed E-state index contributed by atoms with van der Waals surface area (Å²) in [5, 5.41) is 9.04. The fourth-order valence-corrected chi connectivity index (χ4v) is 1.85. The Morgan fingerprint density at radius 1 is 1.38 bits per heavy atom. The number of hydrogen-bond acceptors (Lipinski definition) is 3. The van der Waals surface area contributed by atoms with Gasteiger partial charge in [0.25, 0.3) is 0 Å². The molecule has 76 valence electrons. The van der Waals surface area contributed by atoms with Crippen molar-refractivity contribution in [3.8, 4) is 0 Å². The number of amides is 1. The van der Waals surface area contributed by atoms with E-state index < -0.39 is 11.2 Å². The van der Waals surface area contributed by atoms with Crippen LogP contribution in [0.15, 0.2) is 0 Å². The molecule has 1 heterocycles. The Balaban J connectivity index is 3.11. The van der Waals surface area contributed by atoms with E-state index in [0.29, 0.717) is 0 Å². The van der Waals surface area contributed by atoms with E-state index in [0.717, 1.165) is 0 Å². The van der Waals surface area contributed by atoms with Crippen molar-refractivity contribution in [1.29, 1.82) is 0 Å². The largest absolute Gasteiger partial charge is 0.376 e. The second-order valence-corrected chi connectivity index (χ2v) is 4.55. The Morgan fingerprint density at radius 3 is 2.00 bits per heavy atom. The first-order valence-corrected chi connectivity index (χ1v) is 4.49. The highest BCUT2D eigenvalue weighted by Crippen LogP contribution is 2.39. The summed E-state index contributed by atoms with van der Waals surface area (Å²) in [6.45, 7) is 6.75.